The van der Waals surface area contributed by atoms with Crippen LogP contribution in [0.3, 0.4) is 0 Å². The van der Waals surface area contributed by atoms with E-state index in [4.69, 9.17) is 5.11 Å². The van der Waals surface area contributed by atoms with Crippen molar-refractivity contribution in [1.82, 2.24) is 9.80 Å². The Hall–Kier alpha value is -2.37. The zero-order valence-electron chi connectivity index (χ0n) is 15.8. The lowest BCUT2D eigenvalue weighted by Crippen LogP contribution is -2.45. The Balaban J connectivity index is 1.84. The number of piperidine rings is 1. The largest absolute Gasteiger partial charge is 0.481 e. The first-order valence-corrected chi connectivity index (χ1v) is 9.09. The normalized spacial score (nSPS) is 16.2. The number of amides is 2. The molecule has 1 aromatic carbocycles. The van der Waals surface area contributed by atoms with Gasteiger partial charge < -0.3 is 14.9 Å². The van der Waals surface area contributed by atoms with Gasteiger partial charge in [-0.25, -0.2) is 0 Å². The van der Waals surface area contributed by atoms with E-state index in [1.54, 1.807) is 11.9 Å². The summed E-state index contributed by atoms with van der Waals surface area (Å²) < 4.78 is 0. The fourth-order valence-electron chi connectivity index (χ4n) is 3.43. The van der Waals surface area contributed by atoms with Crippen LogP contribution in [0.1, 0.15) is 43.2 Å². The molecule has 1 N–H and O–H groups in total. The Labute approximate surface area is 154 Å². The number of nitrogens with zero attached hydrogens (tertiary/aromatic N) is 2. The number of benzene rings is 1. The topological polar surface area (TPSA) is 77.9 Å². The van der Waals surface area contributed by atoms with Crippen LogP contribution in [0.25, 0.3) is 0 Å². The zero-order valence-corrected chi connectivity index (χ0v) is 15.8. The molecule has 0 radical (unpaired) electrons. The van der Waals surface area contributed by atoms with Crippen molar-refractivity contribution in [3.8, 4) is 0 Å². The highest BCUT2D eigenvalue weighted by Gasteiger charge is 2.28. The molecule has 0 bridgehead atoms. The van der Waals surface area contributed by atoms with Crippen molar-refractivity contribution >= 4 is 17.8 Å². The summed E-state index contributed by atoms with van der Waals surface area (Å²) in [6, 6.07) is 8.01. The standard InChI is InChI=1S/C20H28N2O4/c1-14-6-4-5-7-17(14)15(2)12-18(23)21(3)13-19(24)22-10-8-16(9-11-22)20(25)26/h4-7,15-16H,8-13H2,1-3H3,(H,25,26). The molecule has 0 aromatic heterocycles. The summed E-state index contributed by atoms with van der Waals surface area (Å²) in [4.78, 5) is 39.0. The van der Waals surface area contributed by atoms with Crippen LogP contribution in [-0.2, 0) is 14.4 Å². The van der Waals surface area contributed by atoms with Crippen LogP contribution in [0.4, 0.5) is 0 Å². The molecule has 1 aromatic rings. The highest BCUT2D eigenvalue weighted by Crippen LogP contribution is 2.23. The number of rotatable bonds is 6. The molecule has 0 aliphatic carbocycles. The van der Waals surface area contributed by atoms with Gasteiger partial charge in [0.15, 0.2) is 0 Å². The van der Waals surface area contributed by atoms with Crippen LogP contribution < -0.4 is 0 Å². The average Bonchev–Trinajstić information content (AvgIpc) is 2.61. The number of carbonyl (C=O) groups is 3. The van der Waals surface area contributed by atoms with E-state index >= 15 is 0 Å². The van der Waals surface area contributed by atoms with E-state index in [0.29, 0.717) is 32.4 Å². The third-order valence-electron chi connectivity index (χ3n) is 5.20. The predicted octanol–water partition coefficient (Wildman–Crippen LogP) is 2.27. The number of hydrogen-bond donors (Lipinski definition) is 1. The van der Waals surface area contributed by atoms with Crippen LogP contribution in [0.15, 0.2) is 24.3 Å². The number of hydrogen-bond acceptors (Lipinski definition) is 3. The number of aliphatic carboxylic acids is 1. The lowest BCUT2D eigenvalue weighted by Gasteiger charge is -2.31. The summed E-state index contributed by atoms with van der Waals surface area (Å²) in [7, 11) is 1.65. The van der Waals surface area contributed by atoms with E-state index in [0.717, 1.165) is 11.1 Å². The molecule has 6 nitrogen and oxygen atoms in total. The van der Waals surface area contributed by atoms with Crippen molar-refractivity contribution < 1.29 is 19.5 Å². The molecule has 1 fully saturated rings. The fraction of sp³-hybridized carbons (Fsp3) is 0.550. The zero-order chi connectivity index (χ0) is 19.3. The summed E-state index contributed by atoms with van der Waals surface area (Å²) in [5.74, 6) is -1.25. The fourth-order valence-corrected chi connectivity index (χ4v) is 3.43. The molecule has 2 rings (SSSR count). The van der Waals surface area contributed by atoms with Crippen LogP contribution in [0, 0.1) is 12.8 Å². The molecule has 2 amide bonds. The molecule has 142 valence electrons. The van der Waals surface area contributed by atoms with Gasteiger partial charge in [0.2, 0.25) is 11.8 Å². The van der Waals surface area contributed by atoms with Crippen molar-refractivity contribution in [3.05, 3.63) is 35.4 Å². The van der Waals surface area contributed by atoms with E-state index < -0.39 is 5.97 Å². The summed E-state index contributed by atoms with van der Waals surface area (Å²) in [6.07, 6.45) is 1.31. The van der Waals surface area contributed by atoms with Gasteiger partial charge in [-0.3, -0.25) is 14.4 Å². The number of aryl methyl sites for hydroxylation is 1. The van der Waals surface area contributed by atoms with Crippen molar-refractivity contribution in [2.24, 2.45) is 5.92 Å². The SMILES string of the molecule is Cc1ccccc1C(C)CC(=O)N(C)CC(=O)N1CCC(C(=O)O)CC1. The smallest absolute Gasteiger partial charge is 0.306 e. The average molecular weight is 360 g/mol. The Bertz CT molecular complexity index is 666. The second-order valence-corrected chi connectivity index (χ2v) is 7.20. The van der Waals surface area contributed by atoms with Crippen molar-refractivity contribution in [1.29, 1.82) is 0 Å². The highest BCUT2D eigenvalue weighted by molar-refractivity contribution is 5.85. The molecular weight excluding hydrogens is 332 g/mol. The molecule has 26 heavy (non-hydrogen) atoms. The molecule has 1 atom stereocenters. The maximum absolute atomic E-state index is 12.5. The summed E-state index contributed by atoms with van der Waals surface area (Å²) in [5.41, 5.74) is 2.31. The second kappa shape index (κ2) is 8.83. The van der Waals surface area contributed by atoms with Gasteiger partial charge in [-0.05, 0) is 36.8 Å². The molecule has 1 aliphatic heterocycles. The summed E-state index contributed by atoms with van der Waals surface area (Å²) in [5, 5.41) is 9.02. The first-order valence-electron chi connectivity index (χ1n) is 9.09. The van der Waals surface area contributed by atoms with Gasteiger partial charge >= 0.3 is 5.97 Å². The van der Waals surface area contributed by atoms with Crippen molar-refractivity contribution in [2.75, 3.05) is 26.7 Å². The molecule has 1 aliphatic rings. The second-order valence-electron chi connectivity index (χ2n) is 7.20. The van der Waals surface area contributed by atoms with Crippen LogP contribution >= 0.6 is 0 Å². The number of carboxylic acids is 1. The lowest BCUT2D eigenvalue weighted by atomic mass is 9.93. The lowest BCUT2D eigenvalue weighted by molar-refractivity contribution is -0.146. The molecule has 6 heteroatoms. The Morgan fingerprint density at radius 2 is 1.85 bits per heavy atom. The van der Waals surface area contributed by atoms with E-state index in [1.807, 2.05) is 38.1 Å². The first-order chi connectivity index (χ1) is 12.3. The van der Waals surface area contributed by atoms with Gasteiger partial charge in [-0.2, -0.15) is 0 Å². The summed E-state index contributed by atoms with van der Waals surface area (Å²) >= 11 is 0. The maximum Gasteiger partial charge on any atom is 0.306 e. The van der Waals surface area contributed by atoms with E-state index in [-0.39, 0.29) is 30.2 Å². The Morgan fingerprint density at radius 3 is 2.42 bits per heavy atom. The van der Waals surface area contributed by atoms with Gasteiger partial charge in [0.25, 0.3) is 0 Å². The third-order valence-corrected chi connectivity index (χ3v) is 5.20. The maximum atomic E-state index is 12.5. The minimum atomic E-state index is -0.797. The summed E-state index contributed by atoms with van der Waals surface area (Å²) in [6.45, 7) is 4.98. The Kier molecular flexibility index (Phi) is 6.77. The van der Waals surface area contributed by atoms with Crippen LogP contribution in [-0.4, -0.2) is 59.4 Å². The third kappa shape index (κ3) is 5.07. The number of carbonyl (C=O) groups excluding carboxylic acids is 2. The number of likely N-dealkylation sites (tertiary alicyclic amines) is 1. The van der Waals surface area contributed by atoms with Crippen molar-refractivity contribution in [2.45, 2.75) is 39.0 Å². The number of likely N-dealkylation sites (N-methyl/N-ethyl adjacent to an activating group) is 1. The van der Waals surface area contributed by atoms with Crippen LogP contribution in [0.2, 0.25) is 0 Å². The minimum Gasteiger partial charge on any atom is -0.481 e. The Morgan fingerprint density at radius 1 is 1.23 bits per heavy atom. The van der Waals surface area contributed by atoms with E-state index in [1.165, 1.54) is 4.90 Å². The molecule has 1 unspecified atom stereocenters. The molecule has 1 saturated heterocycles. The van der Waals surface area contributed by atoms with Gasteiger partial charge in [0.1, 0.15) is 0 Å². The van der Waals surface area contributed by atoms with E-state index in [2.05, 4.69) is 0 Å². The van der Waals surface area contributed by atoms with Gasteiger partial charge in [0, 0.05) is 26.6 Å². The molecule has 1 heterocycles. The van der Waals surface area contributed by atoms with Gasteiger partial charge in [-0.15, -0.1) is 0 Å². The van der Waals surface area contributed by atoms with Gasteiger partial charge in [0.05, 0.1) is 12.5 Å². The van der Waals surface area contributed by atoms with Gasteiger partial charge in [-0.1, -0.05) is 31.2 Å². The monoisotopic (exact) mass is 360 g/mol. The highest BCUT2D eigenvalue weighted by atomic mass is 16.4. The minimum absolute atomic E-state index is 0.0388. The van der Waals surface area contributed by atoms with E-state index in [9.17, 15) is 14.4 Å². The van der Waals surface area contributed by atoms with Crippen molar-refractivity contribution in [3.63, 3.8) is 0 Å². The quantitative estimate of drug-likeness (QED) is 0.844. The predicted molar refractivity (Wildman–Crippen MR) is 98.8 cm³/mol. The van der Waals surface area contributed by atoms with Crippen LogP contribution in [0.5, 0.6) is 0 Å². The number of carboxylic acid groups (broad SMARTS) is 1. The molecular formula is C20H28N2O4. The first kappa shape index (κ1) is 19.9. The molecule has 0 saturated carbocycles. The molecule has 0 spiro atoms.